The van der Waals surface area contributed by atoms with Crippen molar-refractivity contribution in [3.8, 4) is 17.0 Å². The van der Waals surface area contributed by atoms with Crippen LogP contribution in [-0.2, 0) is 13.0 Å². The van der Waals surface area contributed by atoms with E-state index in [2.05, 4.69) is 42.4 Å². The predicted molar refractivity (Wildman–Crippen MR) is 138 cm³/mol. The maximum Gasteiger partial charge on any atom is 0.143 e. The van der Waals surface area contributed by atoms with Crippen LogP contribution in [0.4, 0.5) is 0 Å². The summed E-state index contributed by atoms with van der Waals surface area (Å²) >= 11 is 19.6. The Morgan fingerprint density at radius 3 is 2.38 bits per heavy atom. The lowest BCUT2D eigenvalue weighted by Crippen LogP contribution is -2.01. The third-order valence-electron chi connectivity index (χ3n) is 6.32. The van der Waals surface area contributed by atoms with Gasteiger partial charge in [0.15, 0.2) is 0 Å². The van der Waals surface area contributed by atoms with Crippen LogP contribution in [0.25, 0.3) is 11.3 Å². The summed E-state index contributed by atoms with van der Waals surface area (Å²) in [4.78, 5) is 0. The summed E-state index contributed by atoms with van der Waals surface area (Å²) in [6, 6.07) is 21.9. The first kappa shape index (κ1) is 23.3. The topological polar surface area (TPSA) is 35.3 Å². The Balaban J connectivity index is 1.35. The van der Waals surface area contributed by atoms with E-state index in [0.717, 1.165) is 35.6 Å². The molecule has 3 aromatic carbocycles. The molecule has 1 heterocycles. The molecule has 2 unspecified atom stereocenters. The molecule has 0 bridgehead atoms. The Morgan fingerprint density at radius 2 is 1.68 bits per heavy atom. The minimum absolute atomic E-state index is 0.279. The van der Waals surface area contributed by atoms with Crippen LogP contribution < -0.4 is 4.74 Å². The fourth-order valence-corrected chi connectivity index (χ4v) is 5.38. The number of benzene rings is 3. The molecule has 2 atom stereocenters. The highest BCUT2D eigenvalue weighted by atomic mass is 35.5. The molecule has 0 radical (unpaired) electrons. The Bertz CT molecular complexity index is 1280. The second kappa shape index (κ2) is 10.0. The first-order valence-electron chi connectivity index (χ1n) is 11.5. The first-order chi connectivity index (χ1) is 16.6. The molecule has 1 fully saturated rings. The van der Waals surface area contributed by atoms with Crippen LogP contribution in [0.15, 0.2) is 71.3 Å². The zero-order valence-corrected chi connectivity index (χ0v) is 21.0. The molecular weight excluding hydrogens is 489 g/mol. The van der Waals surface area contributed by atoms with Crippen LogP contribution in [-0.4, -0.2) is 5.16 Å². The molecule has 6 heteroatoms. The summed E-state index contributed by atoms with van der Waals surface area (Å²) in [5, 5.41) is 6.07. The number of hydrogen-bond acceptors (Lipinski definition) is 3. The lowest BCUT2D eigenvalue weighted by molar-refractivity contribution is 0.300. The predicted octanol–water partition coefficient (Wildman–Crippen LogP) is 9.10. The summed E-state index contributed by atoms with van der Waals surface area (Å²) < 4.78 is 11.8. The van der Waals surface area contributed by atoms with Crippen molar-refractivity contribution in [1.29, 1.82) is 0 Å². The fourth-order valence-electron chi connectivity index (χ4n) is 4.50. The van der Waals surface area contributed by atoms with E-state index >= 15 is 0 Å². The van der Waals surface area contributed by atoms with Gasteiger partial charge in [-0.15, -0.1) is 0 Å². The van der Waals surface area contributed by atoms with Crippen molar-refractivity contribution in [2.45, 2.75) is 44.6 Å². The van der Waals surface area contributed by atoms with E-state index in [9.17, 15) is 0 Å². The van der Waals surface area contributed by atoms with Crippen LogP contribution in [0.3, 0.4) is 0 Å². The van der Waals surface area contributed by atoms with E-state index in [1.807, 2.05) is 24.3 Å². The highest BCUT2D eigenvalue weighted by Crippen LogP contribution is 2.56. The van der Waals surface area contributed by atoms with E-state index in [1.54, 1.807) is 12.1 Å². The van der Waals surface area contributed by atoms with Crippen LogP contribution in [0.5, 0.6) is 5.75 Å². The summed E-state index contributed by atoms with van der Waals surface area (Å²) in [6.07, 6.45) is 2.78. The summed E-state index contributed by atoms with van der Waals surface area (Å²) in [6.45, 7) is 2.37. The molecular formula is C28H24Cl3NO2. The Labute approximate surface area is 214 Å². The number of halogens is 3. The zero-order valence-electron chi connectivity index (χ0n) is 18.7. The van der Waals surface area contributed by atoms with Gasteiger partial charge in [0.1, 0.15) is 23.8 Å². The van der Waals surface area contributed by atoms with E-state index in [1.165, 1.54) is 11.1 Å². The highest BCUT2D eigenvalue weighted by Gasteiger charge is 2.40. The van der Waals surface area contributed by atoms with Crippen molar-refractivity contribution in [3.05, 3.63) is 104 Å². The fraction of sp³-hybridized carbons (Fsp3) is 0.250. The first-order valence-corrected chi connectivity index (χ1v) is 12.6. The molecule has 1 aliphatic rings. The van der Waals surface area contributed by atoms with Gasteiger partial charge in [0, 0.05) is 17.0 Å². The second-order valence-corrected chi connectivity index (χ2v) is 9.83. The smallest absolute Gasteiger partial charge is 0.143 e. The van der Waals surface area contributed by atoms with E-state index in [0.29, 0.717) is 38.9 Å². The molecule has 0 amide bonds. The van der Waals surface area contributed by atoms with Crippen LogP contribution >= 0.6 is 34.8 Å². The Morgan fingerprint density at radius 1 is 0.912 bits per heavy atom. The quantitative estimate of drug-likeness (QED) is 0.236. The molecule has 3 nitrogen and oxygen atoms in total. The Hall–Kier alpha value is -2.46. The molecule has 0 N–H and O–H groups in total. The molecule has 34 heavy (non-hydrogen) atoms. The second-order valence-electron chi connectivity index (χ2n) is 8.61. The average Bonchev–Trinajstić information content (AvgIpc) is 3.53. The third kappa shape index (κ3) is 4.70. The van der Waals surface area contributed by atoms with E-state index < -0.39 is 0 Å². The number of hydrogen-bond donors (Lipinski definition) is 0. The van der Waals surface area contributed by atoms with Crippen molar-refractivity contribution in [2.24, 2.45) is 0 Å². The Kier molecular flexibility index (Phi) is 6.87. The van der Waals surface area contributed by atoms with Crippen molar-refractivity contribution < 1.29 is 9.26 Å². The molecule has 4 aromatic rings. The minimum Gasteiger partial charge on any atom is -0.489 e. The van der Waals surface area contributed by atoms with Gasteiger partial charge in [-0.25, -0.2) is 0 Å². The molecule has 174 valence electrons. The van der Waals surface area contributed by atoms with Gasteiger partial charge in [-0.2, -0.15) is 0 Å². The van der Waals surface area contributed by atoms with Crippen LogP contribution in [0.1, 0.15) is 54.1 Å². The number of aryl methyl sites for hydroxylation is 1. The van der Waals surface area contributed by atoms with Gasteiger partial charge in [-0.05, 0) is 60.1 Å². The normalized spacial score (nSPS) is 17.1. The van der Waals surface area contributed by atoms with Crippen LogP contribution in [0.2, 0.25) is 15.1 Å². The summed E-state index contributed by atoms with van der Waals surface area (Å²) in [5.74, 6) is 2.46. The average molecular weight is 513 g/mol. The SMILES string of the molecule is CCCc1onc(-c2c(Cl)cccc2Cl)c1COc1ccc(C2CC2c2ccccc2)c(Cl)c1. The minimum atomic E-state index is 0.279. The lowest BCUT2D eigenvalue weighted by atomic mass is 10.0. The largest absolute Gasteiger partial charge is 0.489 e. The van der Waals surface area contributed by atoms with Gasteiger partial charge >= 0.3 is 0 Å². The number of rotatable bonds is 8. The molecule has 0 saturated heterocycles. The number of aromatic nitrogens is 1. The maximum atomic E-state index is 6.68. The van der Waals surface area contributed by atoms with Gasteiger partial charge in [0.2, 0.25) is 0 Å². The van der Waals surface area contributed by atoms with Gasteiger partial charge in [0.05, 0.1) is 15.6 Å². The summed E-state index contributed by atoms with van der Waals surface area (Å²) in [7, 11) is 0. The third-order valence-corrected chi connectivity index (χ3v) is 7.28. The van der Waals surface area contributed by atoms with E-state index in [-0.39, 0.29) is 6.61 Å². The van der Waals surface area contributed by atoms with Crippen molar-refractivity contribution in [3.63, 3.8) is 0 Å². The standard InChI is InChI=1S/C28H24Cl3NO2/c1-2-7-26-22(28(32-34-26)27-23(29)10-6-11-24(27)30)16-33-18-12-13-19(25(31)14-18)21-15-20(21)17-8-4-3-5-9-17/h3-6,8-14,20-21H,2,7,15-16H2,1H3. The zero-order chi connectivity index (χ0) is 23.7. The summed E-state index contributed by atoms with van der Waals surface area (Å²) in [5.41, 5.74) is 4.66. The molecule has 1 aromatic heterocycles. The van der Waals surface area contributed by atoms with Gasteiger partial charge < -0.3 is 9.26 Å². The van der Waals surface area contributed by atoms with Crippen LogP contribution in [0, 0.1) is 0 Å². The number of nitrogens with zero attached hydrogens (tertiary/aromatic N) is 1. The number of ether oxygens (including phenoxy) is 1. The van der Waals surface area contributed by atoms with Gasteiger partial charge in [0.25, 0.3) is 0 Å². The van der Waals surface area contributed by atoms with Crippen molar-refractivity contribution >= 4 is 34.8 Å². The van der Waals surface area contributed by atoms with E-state index in [4.69, 9.17) is 44.1 Å². The van der Waals surface area contributed by atoms with Crippen molar-refractivity contribution in [1.82, 2.24) is 5.16 Å². The molecule has 0 spiro atoms. The lowest BCUT2D eigenvalue weighted by Gasteiger charge is -2.11. The monoisotopic (exact) mass is 511 g/mol. The molecule has 1 aliphatic carbocycles. The molecule has 5 rings (SSSR count). The van der Waals surface area contributed by atoms with Gasteiger partial charge in [-0.1, -0.05) is 89.3 Å². The van der Waals surface area contributed by atoms with Gasteiger partial charge in [-0.3, -0.25) is 0 Å². The highest BCUT2D eigenvalue weighted by molar-refractivity contribution is 6.39. The molecule has 1 saturated carbocycles. The maximum absolute atomic E-state index is 6.68. The molecule has 0 aliphatic heterocycles. The van der Waals surface area contributed by atoms with Crippen molar-refractivity contribution in [2.75, 3.05) is 0 Å².